The fourth-order valence-corrected chi connectivity index (χ4v) is 3.46. The summed E-state index contributed by atoms with van der Waals surface area (Å²) < 4.78 is 18.4. The van der Waals surface area contributed by atoms with Gasteiger partial charge in [-0.25, -0.2) is 9.37 Å². The van der Waals surface area contributed by atoms with Crippen molar-refractivity contribution >= 4 is 23.4 Å². The summed E-state index contributed by atoms with van der Waals surface area (Å²) in [7, 11) is 0. The van der Waals surface area contributed by atoms with Gasteiger partial charge in [0.25, 0.3) is 0 Å². The molecule has 4 rings (SSSR count). The number of rotatable bonds is 8. The lowest BCUT2D eigenvalue weighted by Gasteiger charge is -2.07. The van der Waals surface area contributed by atoms with E-state index in [0.717, 1.165) is 5.56 Å². The normalized spacial score (nSPS) is 10.9. The summed E-state index contributed by atoms with van der Waals surface area (Å²) in [6.45, 7) is 1.73. The van der Waals surface area contributed by atoms with Crippen LogP contribution in [0.2, 0.25) is 0 Å². The monoisotopic (exact) mass is 438 g/mol. The largest absolute Gasteiger partial charge is 0.339 e. The molecule has 0 aliphatic carbocycles. The van der Waals surface area contributed by atoms with Gasteiger partial charge in [0.05, 0.1) is 5.75 Å². The van der Waals surface area contributed by atoms with E-state index >= 15 is 0 Å². The molecule has 0 bridgehead atoms. The smallest absolute Gasteiger partial charge is 0.227 e. The number of anilines is 1. The van der Waals surface area contributed by atoms with E-state index in [1.165, 1.54) is 30.0 Å². The number of nitrogens with zero attached hydrogens (tertiary/aromatic N) is 4. The fraction of sp³-hybridized carbons (Fsp3) is 0.190. The van der Waals surface area contributed by atoms with Crippen LogP contribution in [-0.4, -0.2) is 31.2 Å². The maximum Gasteiger partial charge on any atom is 0.227 e. The van der Waals surface area contributed by atoms with E-state index in [-0.39, 0.29) is 18.1 Å². The van der Waals surface area contributed by atoms with Gasteiger partial charge in [-0.15, -0.1) is 5.10 Å². The first-order valence-electron chi connectivity index (χ1n) is 9.55. The predicted octanol–water partition coefficient (Wildman–Crippen LogP) is 4.17. The third-order valence-corrected chi connectivity index (χ3v) is 5.22. The number of halogens is 1. The zero-order valence-electron chi connectivity index (χ0n) is 16.6. The zero-order chi connectivity index (χ0) is 21.6. The van der Waals surface area contributed by atoms with E-state index in [0.29, 0.717) is 46.1 Å². The van der Waals surface area contributed by atoms with Crippen molar-refractivity contribution < 1.29 is 13.7 Å². The van der Waals surface area contributed by atoms with Crippen LogP contribution in [0.1, 0.15) is 23.7 Å². The standard InChI is InChI=1S/C21H19FN6O2S/c1-13-11-15(22)7-8-16(13)23-18(29)9-10-19-24-17(28-30-19)12-31-21-25-20(26-27-21)14-5-3-2-4-6-14/h2-8,11H,9-10,12H2,1H3,(H,23,29)(H,25,26,27). The molecule has 10 heteroatoms. The molecular formula is C21H19FN6O2S. The van der Waals surface area contributed by atoms with Crippen LogP contribution in [0.4, 0.5) is 10.1 Å². The number of amides is 1. The number of thioether (sulfide) groups is 1. The van der Waals surface area contributed by atoms with E-state index in [1.807, 2.05) is 30.3 Å². The highest BCUT2D eigenvalue weighted by Crippen LogP contribution is 2.21. The van der Waals surface area contributed by atoms with E-state index in [1.54, 1.807) is 6.92 Å². The molecule has 0 fully saturated rings. The summed E-state index contributed by atoms with van der Waals surface area (Å²) in [6, 6.07) is 13.9. The lowest BCUT2D eigenvalue weighted by Crippen LogP contribution is -2.13. The third-order valence-electron chi connectivity index (χ3n) is 4.38. The number of aryl methyl sites for hydroxylation is 2. The molecular weight excluding hydrogens is 419 g/mol. The molecule has 2 aromatic carbocycles. The first-order chi connectivity index (χ1) is 15.1. The average molecular weight is 438 g/mol. The molecule has 4 aromatic rings. The topological polar surface area (TPSA) is 110 Å². The second kappa shape index (κ2) is 9.52. The average Bonchev–Trinajstić information content (AvgIpc) is 3.43. The first kappa shape index (κ1) is 20.7. The van der Waals surface area contributed by atoms with Crippen molar-refractivity contribution in [1.29, 1.82) is 0 Å². The molecule has 8 nitrogen and oxygen atoms in total. The van der Waals surface area contributed by atoms with Gasteiger partial charge in [-0.1, -0.05) is 47.3 Å². The highest BCUT2D eigenvalue weighted by atomic mass is 32.2. The number of H-pyrrole nitrogens is 1. The molecule has 0 saturated carbocycles. The molecule has 2 heterocycles. The Morgan fingerprint density at radius 2 is 2.03 bits per heavy atom. The Morgan fingerprint density at radius 1 is 1.19 bits per heavy atom. The molecule has 0 aliphatic rings. The highest BCUT2D eigenvalue weighted by Gasteiger charge is 2.12. The van der Waals surface area contributed by atoms with Crippen molar-refractivity contribution in [1.82, 2.24) is 25.3 Å². The van der Waals surface area contributed by atoms with Gasteiger partial charge in [0.15, 0.2) is 11.6 Å². The molecule has 2 N–H and O–H groups in total. The third kappa shape index (κ3) is 5.54. The van der Waals surface area contributed by atoms with Crippen LogP contribution in [0.5, 0.6) is 0 Å². The van der Waals surface area contributed by atoms with Gasteiger partial charge in [-0.3, -0.25) is 9.89 Å². The van der Waals surface area contributed by atoms with E-state index in [2.05, 4.69) is 30.6 Å². The molecule has 0 spiro atoms. The van der Waals surface area contributed by atoms with Crippen LogP contribution in [-0.2, 0) is 17.0 Å². The van der Waals surface area contributed by atoms with Gasteiger partial charge < -0.3 is 9.84 Å². The molecule has 0 saturated heterocycles. The lowest BCUT2D eigenvalue weighted by molar-refractivity contribution is -0.116. The highest BCUT2D eigenvalue weighted by molar-refractivity contribution is 7.98. The van der Waals surface area contributed by atoms with Gasteiger partial charge in [0.1, 0.15) is 5.82 Å². The van der Waals surface area contributed by atoms with Crippen molar-refractivity contribution in [2.24, 2.45) is 0 Å². The summed E-state index contributed by atoms with van der Waals surface area (Å²) in [5, 5.41) is 14.4. The Morgan fingerprint density at radius 3 is 2.84 bits per heavy atom. The van der Waals surface area contributed by atoms with E-state index < -0.39 is 0 Å². The summed E-state index contributed by atoms with van der Waals surface area (Å²) >= 11 is 1.38. The van der Waals surface area contributed by atoms with Crippen molar-refractivity contribution in [3.8, 4) is 11.4 Å². The maximum atomic E-state index is 13.2. The molecule has 158 valence electrons. The maximum absolute atomic E-state index is 13.2. The summed E-state index contributed by atoms with van der Waals surface area (Å²) in [5.74, 6) is 1.46. The predicted molar refractivity (Wildman–Crippen MR) is 114 cm³/mol. The summed E-state index contributed by atoms with van der Waals surface area (Å²) in [4.78, 5) is 20.9. The molecule has 31 heavy (non-hydrogen) atoms. The molecule has 0 unspecified atom stereocenters. The van der Waals surface area contributed by atoms with Crippen molar-refractivity contribution in [3.63, 3.8) is 0 Å². The van der Waals surface area contributed by atoms with Gasteiger partial charge in [0.2, 0.25) is 17.0 Å². The number of benzene rings is 2. The second-order valence-electron chi connectivity index (χ2n) is 6.73. The SMILES string of the molecule is Cc1cc(F)ccc1NC(=O)CCc1nc(CSc2n[nH]c(-c3ccccc3)n2)no1. The Kier molecular flexibility index (Phi) is 6.37. The van der Waals surface area contributed by atoms with Gasteiger partial charge in [0, 0.05) is 24.1 Å². The quantitative estimate of drug-likeness (QED) is 0.397. The van der Waals surface area contributed by atoms with Gasteiger partial charge in [-0.2, -0.15) is 4.98 Å². The summed E-state index contributed by atoms with van der Waals surface area (Å²) in [5.41, 5.74) is 2.20. The van der Waals surface area contributed by atoms with Crippen molar-refractivity contribution in [2.45, 2.75) is 30.7 Å². The number of nitrogens with one attached hydrogen (secondary N) is 2. The first-order valence-corrected chi connectivity index (χ1v) is 10.5. The van der Waals surface area contributed by atoms with Gasteiger partial charge >= 0.3 is 0 Å². The molecule has 1 amide bonds. The number of hydrogen-bond donors (Lipinski definition) is 2. The Hall–Kier alpha value is -3.53. The Balaban J connectivity index is 1.26. The number of carbonyl (C=O) groups excluding carboxylic acids is 1. The van der Waals surface area contributed by atoms with Crippen LogP contribution in [0.3, 0.4) is 0 Å². The van der Waals surface area contributed by atoms with Crippen molar-refractivity contribution in [3.05, 3.63) is 71.6 Å². The van der Waals surface area contributed by atoms with Crippen LogP contribution in [0.25, 0.3) is 11.4 Å². The second-order valence-corrected chi connectivity index (χ2v) is 7.68. The van der Waals surface area contributed by atoms with Gasteiger partial charge in [-0.05, 0) is 30.7 Å². The minimum atomic E-state index is -0.340. The lowest BCUT2D eigenvalue weighted by atomic mass is 10.2. The number of hydrogen-bond acceptors (Lipinski definition) is 7. The van der Waals surface area contributed by atoms with Crippen LogP contribution in [0, 0.1) is 12.7 Å². The molecule has 0 radical (unpaired) electrons. The Labute approximate surface area is 181 Å². The minimum absolute atomic E-state index is 0.174. The van der Waals surface area contributed by atoms with Crippen LogP contribution < -0.4 is 5.32 Å². The summed E-state index contributed by atoms with van der Waals surface area (Å²) in [6.07, 6.45) is 0.482. The molecule has 0 aliphatic heterocycles. The van der Waals surface area contributed by atoms with E-state index in [9.17, 15) is 9.18 Å². The Bertz CT molecular complexity index is 1180. The molecule has 0 atom stereocenters. The van der Waals surface area contributed by atoms with Crippen LogP contribution in [0.15, 0.2) is 58.2 Å². The number of aromatic amines is 1. The minimum Gasteiger partial charge on any atom is -0.339 e. The zero-order valence-corrected chi connectivity index (χ0v) is 17.4. The number of carbonyl (C=O) groups is 1. The van der Waals surface area contributed by atoms with Crippen molar-refractivity contribution in [2.75, 3.05) is 5.32 Å². The molecule has 2 aromatic heterocycles. The fourth-order valence-electron chi connectivity index (χ4n) is 2.82. The number of aromatic nitrogens is 5. The van der Waals surface area contributed by atoms with E-state index in [4.69, 9.17) is 4.52 Å². The van der Waals surface area contributed by atoms with Crippen LogP contribution >= 0.6 is 11.8 Å².